The zero-order chi connectivity index (χ0) is 22.4. The van der Waals surface area contributed by atoms with Gasteiger partial charge in [0, 0.05) is 5.92 Å². The van der Waals surface area contributed by atoms with Crippen molar-refractivity contribution in [3.05, 3.63) is 12.2 Å². The lowest BCUT2D eigenvalue weighted by Crippen LogP contribution is -2.50. The monoisotopic (exact) mass is 415 g/mol. The van der Waals surface area contributed by atoms with E-state index >= 15 is 0 Å². The van der Waals surface area contributed by atoms with E-state index in [4.69, 9.17) is 9.16 Å². The van der Waals surface area contributed by atoms with Crippen LogP contribution in [0, 0.1) is 5.92 Å². The summed E-state index contributed by atoms with van der Waals surface area (Å²) in [6.07, 6.45) is -0.754. The van der Waals surface area contributed by atoms with Crippen molar-refractivity contribution in [2.24, 2.45) is 5.92 Å². The van der Waals surface area contributed by atoms with E-state index < -0.39 is 37.9 Å². The normalized spacial score (nSPS) is 14.9. The number of carboxylic acids is 1. The lowest BCUT2D eigenvalue weighted by molar-refractivity contribution is -0.140. The molecule has 0 saturated heterocycles. The van der Waals surface area contributed by atoms with Gasteiger partial charge in [-0.15, -0.1) is 0 Å². The van der Waals surface area contributed by atoms with Crippen LogP contribution < -0.4 is 5.32 Å². The van der Waals surface area contributed by atoms with Crippen LogP contribution in [0.2, 0.25) is 16.6 Å². The number of amides is 1. The van der Waals surface area contributed by atoms with Gasteiger partial charge in [-0.05, 0) is 43.0 Å². The van der Waals surface area contributed by atoms with Gasteiger partial charge in [-0.1, -0.05) is 55.0 Å². The van der Waals surface area contributed by atoms with Crippen molar-refractivity contribution in [1.29, 1.82) is 0 Å². The molecule has 164 valence electrons. The molecule has 0 saturated carbocycles. The predicted molar refractivity (Wildman–Crippen MR) is 116 cm³/mol. The Bertz CT molecular complexity index is 530. The SMILES string of the molecule is C=C(CO[Si](C(C)C)(C(C)C)C(C)C)[C@H](C)[C@H](NC(=O)OC(C)(C)C)C(=O)O. The largest absolute Gasteiger partial charge is 0.480 e. The Labute approximate surface area is 172 Å². The number of alkyl carbamates (subject to hydrolysis) is 1. The van der Waals surface area contributed by atoms with Crippen LogP contribution in [0.3, 0.4) is 0 Å². The molecule has 7 heteroatoms. The molecule has 0 heterocycles. The second-order valence-electron chi connectivity index (χ2n) is 9.52. The van der Waals surface area contributed by atoms with E-state index in [0.29, 0.717) is 28.8 Å². The van der Waals surface area contributed by atoms with E-state index in [9.17, 15) is 14.7 Å². The average molecular weight is 416 g/mol. The number of aliphatic carboxylic acids is 1. The summed E-state index contributed by atoms with van der Waals surface area (Å²) in [7, 11) is -2.08. The molecule has 0 aliphatic rings. The number of ether oxygens (including phenoxy) is 1. The third kappa shape index (κ3) is 7.24. The van der Waals surface area contributed by atoms with Crippen molar-refractivity contribution in [2.75, 3.05) is 6.61 Å². The minimum Gasteiger partial charge on any atom is -0.480 e. The first-order valence-corrected chi connectivity index (χ1v) is 12.2. The molecule has 0 radical (unpaired) electrons. The summed E-state index contributed by atoms with van der Waals surface area (Å²) in [5, 5.41) is 12.0. The van der Waals surface area contributed by atoms with Crippen molar-refractivity contribution in [3.8, 4) is 0 Å². The van der Waals surface area contributed by atoms with Crippen molar-refractivity contribution in [2.45, 2.75) is 97.5 Å². The van der Waals surface area contributed by atoms with Crippen LogP contribution in [0.25, 0.3) is 0 Å². The molecule has 0 aromatic carbocycles. The van der Waals surface area contributed by atoms with E-state index in [0.717, 1.165) is 0 Å². The van der Waals surface area contributed by atoms with Crippen LogP contribution in [0.5, 0.6) is 0 Å². The van der Waals surface area contributed by atoms with Gasteiger partial charge in [0.05, 0.1) is 6.61 Å². The predicted octanol–water partition coefficient (Wildman–Crippen LogP) is 5.35. The maximum atomic E-state index is 12.0. The van der Waals surface area contributed by atoms with Gasteiger partial charge < -0.3 is 19.6 Å². The van der Waals surface area contributed by atoms with E-state index in [2.05, 4.69) is 53.4 Å². The highest BCUT2D eigenvalue weighted by molar-refractivity contribution is 6.77. The molecule has 0 aromatic rings. The van der Waals surface area contributed by atoms with E-state index in [1.165, 1.54) is 0 Å². The smallest absolute Gasteiger partial charge is 0.408 e. The third-order valence-electron chi connectivity index (χ3n) is 5.30. The van der Waals surface area contributed by atoms with Gasteiger partial charge in [0.25, 0.3) is 0 Å². The molecule has 0 aromatic heterocycles. The Balaban J connectivity index is 5.28. The molecule has 0 rings (SSSR count). The summed E-state index contributed by atoms with van der Waals surface area (Å²) in [5.74, 6) is -1.62. The first-order chi connectivity index (χ1) is 12.6. The van der Waals surface area contributed by atoms with E-state index in [-0.39, 0.29) is 0 Å². The molecule has 0 unspecified atom stereocenters. The van der Waals surface area contributed by atoms with Gasteiger partial charge in [0.1, 0.15) is 11.6 Å². The molecule has 2 atom stereocenters. The van der Waals surface area contributed by atoms with Crippen molar-refractivity contribution in [1.82, 2.24) is 5.32 Å². The Morgan fingerprint density at radius 2 is 1.43 bits per heavy atom. The highest BCUT2D eigenvalue weighted by Gasteiger charge is 2.45. The lowest BCUT2D eigenvalue weighted by Gasteiger charge is -2.42. The molecule has 0 aliphatic carbocycles. The summed E-state index contributed by atoms with van der Waals surface area (Å²) in [6.45, 7) is 24.5. The fourth-order valence-corrected chi connectivity index (χ4v) is 9.36. The summed E-state index contributed by atoms with van der Waals surface area (Å²) in [5.41, 5.74) is 1.22. The number of hydrogen-bond donors (Lipinski definition) is 2. The Morgan fingerprint density at radius 1 is 1.00 bits per heavy atom. The minimum atomic E-state index is -2.08. The standard InChI is InChI=1S/C21H41NO5Si/c1-13(2)28(14(3)4,15(5)6)26-12-16(7)17(8)18(19(23)24)22-20(25)27-21(9,10)11/h13-15,17-18H,7,12H2,1-6,8-11H3,(H,22,25)(H,23,24)/t17-,18-/m0/s1. The zero-order valence-electron chi connectivity index (χ0n) is 19.4. The Kier molecular flexibility index (Phi) is 9.94. The first-order valence-electron chi connectivity index (χ1n) is 10.1. The van der Waals surface area contributed by atoms with Gasteiger partial charge in [0.2, 0.25) is 8.32 Å². The first kappa shape index (κ1) is 26.7. The second-order valence-corrected chi connectivity index (χ2v) is 15.0. The molecule has 0 aliphatic heterocycles. The fourth-order valence-electron chi connectivity index (χ4n) is 3.92. The Hall–Kier alpha value is -1.34. The van der Waals surface area contributed by atoms with Crippen molar-refractivity contribution < 1.29 is 23.9 Å². The van der Waals surface area contributed by atoms with E-state index in [1.807, 2.05) is 0 Å². The van der Waals surface area contributed by atoms with Crippen LogP contribution in [0.15, 0.2) is 12.2 Å². The molecule has 0 bridgehead atoms. The van der Waals surface area contributed by atoms with Gasteiger partial charge >= 0.3 is 12.1 Å². The van der Waals surface area contributed by atoms with E-state index in [1.54, 1.807) is 27.7 Å². The number of rotatable bonds is 10. The molecular formula is C21H41NO5Si. The second kappa shape index (κ2) is 10.4. The maximum absolute atomic E-state index is 12.0. The Morgan fingerprint density at radius 3 is 1.75 bits per heavy atom. The van der Waals surface area contributed by atoms with Crippen molar-refractivity contribution >= 4 is 20.4 Å². The molecule has 0 fully saturated rings. The van der Waals surface area contributed by atoms with Gasteiger partial charge in [0.15, 0.2) is 0 Å². The number of hydrogen-bond acceptors (Lipinski definition) is 4. The van der Waals surface area contributed by atoms with Crippen LogP contribution in [-0.2, 0) is 14.0 Å². The summed E-state index contributed by atoms with van der Waals surface area (Å²) < 4.78 is 11.7. The highest BCUT2D eigenvalue weighted by Crippen LogP contribution is 2.42. The number of carbonyl (C=O) groups excluding carboxylic acids is 1. The average Bonchev–Trinajstić information content (AvgIpc) is 2.49. The zero-order valence-corrected chi connectivity index (χ0v) is 20.4. The van der Waals surface area contributed by atoms with Crippen LogP contribution in [0.1, 0.15) is 69.2 Å². The molecular weight excluding hydrogens is 374 g/mol. The lowest BCUT2D eigenvalue weighted by atomic mass is 9.95. The maximum Gasteiger partial charge on any atom is 0.408 e. The fraction of sp³-hybridized carbons (Fsp3) is 0.810. The quantitative estimate of drug-likeness (QED) is 0.371. The topological polar surface area (TPSA) is 84.9 Å². The van der Waals surface area contributed by atoms with Crippen molar-refractivity contribution in [3.63, 3.8) is 0 Å². The van der Waals surface area contributed by atoms with Gasteiger partial charge in [-0.3, -0.25) is 0 Å². The number of carboxylic acid groups (broad SMARTS) is 1. The molecule has 1 amide bonds. The van der Waals surface area contributed by atoms with Gasteiger partial charge in [-0.2, -0.15) is 0 Å². The number of carbonyl (C=O) groups is 2. The molecule has 28 heavy (non-hydrogen) atoms. The summed E-state index contributed by atoms with van der Waals surface area (Å²) in [4.78, 5) is 23.8. The van der Waals surface area contributed by atoms with Gasteiger partial charge in [-0.25, -0.2) is 9.59 Å². The highest BCUT2D eigenvalue weighted by atomic mass is 28.4. The summed E-state index contributed by atoms with van der Waals surface area (Å²) in [6, 6.07) is -1.13. The van der Waals surface area contributed by atoms with Crippen LogP contribution in [-0.4, -0.2) is 43.7 Å². The van der Waals surface area contributed by atoms with Crippen LogP contribution >= 0.6 is 0 Å². The minimum absolute atomic E-state index is 0.293. The summed E-state index contributed by atoms with van der Waals surface area (Å²) >= 11 is 0. The molecule has 0 spiro atoms. The molecule has 6 nitrogen and oxygen atoms in total. The number of nitrogens with one attached hydrogen (secondary N) is 1. The molecule has 2 N–H and O–H groups in total. The third-order valence-corrected chi connectivity index (χ3v) is 11.4. The van der Waals surface area contributed by atoms with Crippen LogP contribution in [0.4, 0.5) is 4.79 Å².